The summed E-state index contributed by atoms with van der Waals surface area (Å²) >= 11 is 1.81. The summed E-state index contributed by atoms with van der Waals surface area (Å²) in [7, 11) is 0. The number of piperazine rings is 1. The van der Waals surface area contributed by atoms with Crippen LogP contribution >= 0.6 is 11.9 Å². The lowest BCUT2D eigenvalue weighted by atomic mass is 10.2. The average Bonchev–Trinajstić information content (AvgIpc) is 3.00. The van der Waals surface area contributed by atoms with Gasteiger partial charge in [-0.2, -0.15) is 0 Å². The van der Waals surface area contributed by atoms with E-state index in [2.05, 4.69) is 75.8 Å². The molecule has 4 heteroatoms. The van der Waals surface area contributed by atoms with Gasteiger partial charge in [-0.3, -0.25) is 3.97 Å². The predicted molar refractivity (Wildman–Crippen MR) is 99.5 cm³/mol. The second-order valence-electron chi connectivity index (χ2n) is 6.00. The molecule has 4 rings (SSSR count). The van der Waals surface area contributed by atoms with Crippen LogP contribution in [0.1, 0.15) is 5.56 Å². The Kier molecular flexibility index (Phi) is 4.02. The van der Waals surface area contributed by atoms with E-state index in [0.717, 1.165) is 26.2 Å². The molecule has 2 heterocycles. The molecular weight excluding hydrogens is 302 g/mol. The van der Waals surface area contributed by atoms with E-state index in [9.17, 15) is 0 Å². The first-order valence-electron chi connectivity index (χ1n) is 8.12. The van der Waals surface area contributed by atoms with E-state index >= 15 is 0 Å². The van der Waals surface area contributed by atoms with Gasteiger partial charge in [-0.15, -0.1) is 0 Å². The molecule has 3 aromatic rings. The third-order valence-corrected chi connectivity index (χ3v) is 5.39. The maximum Gasteiger partial charge on any atom is 0.0594 e. The smallest absolute Gasteiger partial charge is 0.0594 e. The van der Waals surface area contributed by atoms with Crippen LogP contribution in [-0.4, -0.2) is 30.2 Å². The van der Waals surface area contributed by atoms with E-state index in [1.54, 1.807) is 0 Å². The van der Waals surface area contributed by atoms with E-state index in [1.165, 1.54) is 27.0 Å². The first-order valence-corrected chi connectivity index (χ1v) is 8.89. The molecule has 0 aliphatic carbocycles. The average molecular weight is 323 g/mol. The number of rotatable bonds is 3. The highest BCUT2D eigenvalue weighted by Crippen LogP contribution is 2.34. The lowest BCUT2D eigenvalue weighted by molar-refractivity contribution is 0.586. The van der Waals surface area contributed by atoms with Crippen molar-refractivity contribution in [2.75, 3.05) is 31.1 Å². The molecule has 1 N–H and O–H groups in total. The van der Waals surface area contributed by atoms with Crippen LogP contribution in [0.3, 0.4) is 0 Å². The Bertz CT molecular complexity index is 818. The van der Waals surface area contributed by atoms with Crippen molar-refractivity contribution < 1.29 is 0 Å². The highest BCUT2D eigenvalue weighted by atomic mass is 32.2. The van der Waals surface area contributed by atoms with Crippen molar-refractivity contribution in [1.82, 2.24) is 9.29 Å². The van der Waals surface area contributed by atoms with E-state index in [-0.39, 0.29) is 0 Å². The number of para-hydroxylation sites is 1. The van der Waals surface area contributed by atoms with Gasteiger partial charge in [0.2, 0.25) is 0 Å². The van der Waals surface area contributed by atoms with Crippen molar-refractivity contribution in [3.05, 3.63) is 60.3 Å². The molecule has 1 aromatic heterocycles. The molecule has 0 bridgehead atoms. The molecular formula is C19H21N3S. The maximum absolute atomic E-state index is 3.43. The normalized spacial score (nSPS) is 15.3. The Hall–Kier alpha value is -1.91. The molecule has 23 heavy (non-hydrogen) atoms. The standard InChI is InChI=1S/C19H21N3S/c1-15-6-7-19(18(14-15)21-12-9-20-10-13-21)23-22-11-8-16-4-2-3-5-17(16)22/h2-8,11,14,20H,9-10,12-13H2,1H3. The third kappa shape index (κ3) is 2.96. The lowest BCUT2D eigenvalue weighted by Gasteiger charge is -2.31. The summed E-state index contributed by atoms with van der Waals surface area (Å²) in [5, 5.41) is 4.72. The van der Waals surface area contributed by atoms with Crippen molar-refractivity contribution in [2.24, 2.45) is 0 Å². The van der Waals surface area contributed by atoms with Crippen LogP contribution in [0.4, 0.5) is 5.69 Å². The van der Waals surface area contributed by atoms with E-state index < -0.39 is 0 Å². The molecule has 1 aliphatic rings. The molecule has 2 aromatic carbocycles. The Balaban J connectivity index is 1.71. The number of anilines is 1. The predicted octanol–water partition coefficient (Wildman–Crippen LogP) is 3.91. The zero-order valence-corrected chi connectivity index (χ0v) is 14.1. The van der Waals surface area contributed by atoms with Crippen molar-refractivity contribution in [3.63, 3.8) is 0 Å². The SMILES string of the molecule is Cc1ccc(Sn2ccc3ccccc32)c(N2CCNCC2)c1. The molecule has 1 fully saturated rings. The van der Waals surface area contributed by atoms with Crippen LogP contribution in [0, 0.1) is 6.92 Å². The van der Waals surface area contributed by atoms with Crippen LogP contribution in [0.25, 0.3) is 10.9 Å². The number of hydrogen-bond acceptors (Lipinski definition) is 3. The van der Waals surface area contributed by atoms with Crippen molar-refractivity contribution in [2.45, 2.75) is 11.8 Å². The molecule has 0 amide bonds. The highest BCUT2D eigenvalue weighted by molar-refractivity contribution is 7.98. The van der Waals surface area contributed by atoms with Gasteiger partial charge in [-0.05, 0) is 48.7 Å². The second-order valence-corrected chi connectivity index (χ2v) is 7.02. The van der Waals surface area contributed by atoms with Gasteiger partial charge in [0.05, 0.1) is 16.1 Å². The number of nitrogens with one attached hydrogen (secondary N) is 1. The van der Waals surface area contributed by atoms with Crippen molar-refractivity contribution in [1.29, 1.82) is 0 Å². The molecule has 0 radical (unpaired) electrons. The maximum atomic E-state index is 3.43. The first-order chi connectivity index (χ1) is 11.3. The minimum absolute atomic E-state index is 1.06. The number of benzene rings is 2. The summed E-state index contributed by atoms with van der Waals surface area (Å²) in [6, 6.07) is 17.5. The summed E-state index contributed by atoms with van der Waals surface area (Å²) < 4.78 is 2.27. The zero-order chi connectivity index (χ0) is 15.6. The lowest BCUT2D eigenvalue weighted by Crippen LogP contribution is -2.43. The van der Waals surface area contributed by atoms with E-state index in [4.69, 9.17) is 0 Å². The number of hydrogen-bond donors (Lipinski definition) is 1. The van der Waals surface area contributed by atoms with Crippen LogP contribution in [0.2, 0.25) is 0 Å². The largest absolute Gasteiger partial charge is 0.368 e. The molecule has 0 atom stereocenters. The van der Waals surface area contributed by atoms with Gasteiger partial charge in [0.1, 0.15) is 0 Å². The van der Waals surface area contributed by atoms with Crippen LogP contribution < -0.4 is 10.2 Å². The Morgan fingerprint density at radius 2 is 1.83 bits per heavy atom. The van der Waals surface area contributed by atoms with E-state index in [1.807, 2.05) is 11.9 Å². The van der Waals surface area contributed by atoms with Crippen LogP contribution in [0.5, 0.6) is 0 Å². The fraction of sp³-hybridized carbons (Fsp3) is 0.263. The monoisotopic (exact) mass is 323 g/mol. The quantitative estimate of drug-likeness (QED) is 0.789. The minimum Gasteiger partial charge on any atom is -0.368 e. The zero-order valence-electron chi connectivity index (χ0n) is 13.3. The molecule has 0 unspecified atom stereocenters. The molecule has 3 nitrogen and oxygen atoms in total. The summed E-state index contributed by atoms with van der Waals surface area (Å²) in [6.07, 6.45) is 2.16. The summed E-state index contributed by atoms with van der Waals surface area (Å²) in [4.78, 5) is 3.82. The Morgan fingerprint density at radius 1 is 1.00 bits per heavy atom. The first kappa shape index (κ1) is 14.7. The fourth-order valence-corrected chi connectivity index (χ4v) is 4.11. The number of nitrogens with zero attached hydrogens (tertiary/aromatic N) is 2. The number of fused-ring (bicyclic) bond motifs is 1. The summed E-state index contributed by atoms with van der Waals surface area (Å²) in [5.74, 6) is 0. The summed E-state index contributed by atoms with van der Waals surface area (Å²) in [6.45, 7) is 6.44. The molecule has 1 aliphatic heterocycles. The fourth-order valence-electron chi connectivity index (χ4n) is 3.10. The van der Waals surface area contributed by atoms with Crippen LogP contribution in [-0.2, 0) is 0 Å². The molecule has 1 saturated heterocycles. The van der Waals surface area contributed by atoms with Crippen molar-refractivity contribution >= 4 is 28.5 Å². The molecule has 0 saturated carbocycles. The molecule has 118 valence electrons. The van der Waals surface area contributed by atoms with Gasteiger partial charge in [0.25, 0.3) is 0 Å². The number of aromatic nitrogens is 1. The summed E-state index contributed by atoms with van der Waals surface area (Å²) in [5.41, 5.74) is 3.94. The third-order valence-electron chi connectivity index (χ3n) is 4.33. The van der Waals surface area contributed by atoms with Crippen molar-refractivity contribution in [3.8, 4) is 0 Å². The van der Waals surface area contributed by atoms with Crippen LogP contribution in [0.15, 0.2) is 59.6 Å². The van der Waals surface area contributed by atoms with Gasteiger partial charge in [0.15, 0.2) is 0 Å². The van der Waals surface area contributed by atoms with Gasteiger partial charge in [-0.25, -0.2) is 0 Å². The van der Waals surface area contributed by atoms with Gasteiger partial charge in [0, 0.05) is 37.8 Å². The highest BCUT2D eigenvalue weighted by Gasteiger charge is 2.15. The van der Waals surface area contributed by atoms with Gasteiger partial charge in [-0.1, -0.05) is 24.3 Å². The van der Waals surface area contributed by atoms with Gasteiger partial charge < -0.3 is 10.2 Å². The number of aryl methyl sites for hydroxylation is 1. The Morgan fingerprint density at radius 3 is 2.70 bits per heavy atom. The second kappa shape index (κ2) is 6.30. The minimum atomic E-state index is 1.06. The molecule has 0 spiro atoms. The van der Waals surface area contributed by atoms with E-state index in [0.29, 0.717) is 0 Å². The Labute approximate surface area is 141 Å². The topological polar surface area (TPSA) is 20.2 Å². The van der Waals surface area contributed by atoms with Gasteiger partial charge >= 0.3 is 0 Å².